The number of aromatic nitrogens is 1. The number of amides is 3. The van der Waals surface area contributed by atoms with Gasteiger partial charge in [0.25, 0.3) is 17.4 Å². The lowest BCUT2D eigenvalue weighted by atomic mass is 10.1. The van der Waals surface area contributed by atoms with Gasteiger partial charge in [-0.25, -0.2) is 4.79 Å². The third-order valence-corrected chi connectivity index (χ3v) is 6.93. The van der Waals surface area contributed by atoms with Gasteiger partial charge in [0, 0.05) is 17.4 Å². The highest BCUT2D eigenvalue weighted by atomic mass is 35.5. The van der Waals surface area contributed by atoms with Crippen LogP contribution in [0, 0.1) is 6.92 Å². The molecule has 0 unspecified atom stereocenters. The van der Waals surface area contributed by atoms with Crippen LogP contribution in [0.4, 0.5) is 10.5 Å². The summed E-state index contributed by atoms with van der Waals surface area (Å²) in [5.74, 6) is -0.569. The van der Waals surface area contributed by atoms with Gasteiger partial charge in [-0.3, -0.25) is 23.9 Å². The van der Waals surface area contributed by atoms with Crippen LogP contribution in [0.5, 0.6) is 5.75 Å². The van der Waals surface area contributed by atoms with Gasteiger partial charge < -0.3 is 20.1 Å². The second-order valence-electron chi connectivity index (χ2n) is 10.0. The minimum absolute atomic E-state index is 0.0443. The lowest BCUT2D eigenvalue weighted by Crippen LogP contribution is -2.43. The van der Waals surface area contributed by atoms with Crippen molar-refractivity contribution in [3.8, 4) is 11.4 Å². The molecule has 0 saturated carbocycles. The highest BCUT2D eigenvalue weighted by Gasteiger charge is 2.33. The van der Waals surface area contributed by atoms with Crippen molar-refractivity contribution in [2.75, 3.05) is 24.6 Å². The van der Waals surface area contributed by atoms with Crippen molar-refractivity contribution < 1.29 is 23.9 Å². The van der Waals surface area contributed by atoms with E-state index in [2.05, 4.69) is 10.6 Å². The Kier molecular flexibility index (Phi) is 8.31. The number of hydrogen-bond donors (Lipinski definition) is 2. The van der Waals surface area contributed by atoms with E-state index < -0.39 is 23.3 Å². The van der Waals surface area contributed by atoms with Crippen molar-refractivity contribution >= 4 is 46.5 Å². The summed E-state index contributed by atoms with van der Waals surface area (Å²) in [4.78, 5) is 51.9. The summed E-state index contributed by atoms with van der Waals surface area (Å²) in [6, 6.07) is 11.7. The number of pyridine rings is 1. The zero-order chi connectivity index (χ0) is 28.3. The third-order valence-electron chi connectivity index (χ3n) is 5.70. The standard InChI is InChI=1S/C27H29ClN4O6S/c1-16-12-17(32-14-18(38-26(32)36)13-29-24(34)21-9-10-22(28)39-21)7-8-19(16)31-11-5-6-20(25(31)35)37-15-23(33)30-27(2,3)4/h5-12,18H,13-15H2,1-4H3,(H,29,34)(H,30,33)/t18-/m0/s1. The molecule has 1 aliphatic rings. The van der Waals surface area contributed by atoms with Crippen LogP contribution in [0.25, 0.3) is 5.69 Å². The Labute approximate surface area is 234 Å². The van der Waals surface area contributed by atoms with Gasteiger partial charge in [0.1, 0.15) is 6.10 Å². The molecule has 3 amide bonds. The van der Waals surface area contributed by atoms with Gasteiger partial charge in [0.05, 0.1) is 28.0 Å². The fourth-order valence-corrected chi connectivity index (χ4v) is 4.98. The van der Waals surface area contributed by atoms with Crippen LogP contribution < -0.4 is 25.8 Å². The maximum atomic E-state index is 13.1. The summed E-state index contributed by atoms with van der Waals surface area (Å²) in [6.07, 6.45) is 0.557. The number of carbonyl (C=O) groups is 3. The van der Waals surface area contributed by atoms with Crippen LogP contribution in [0.3, 0.4) is 0 Å². The number of thiophene rings is 1. The largest absolute Gasteiger partial charge is 0.478 e. The molecular formula is C27H29ClN4O6S. The van der Waals surface area contributed by atoms with E-state index in [0.717, 1.165) is 5.56 Å². The number of halogens is 1. The van der Waals surface area contributed by atoms with Gasteiger partial charge in [-0.15, -0.1) is 11.3 Å². The molecule has 1 saturated heterocycles. The zero-order valence-electron chi connectivity index (χ0n) is 21.9. The highest BCUT2D eigenvalue weighted by molar-refractivity contribution is 7.18. The van der Waals surface area contributed by atoms with E-state index in [1.165, 1.54) is 26.9 Å². The summed E-state index contributed by atoms with van der Waals surface area (Å²) in [7, 11) is 0. The lowest BCUT2D eigenvalue weighted by Gasteiger charge is -2.20. The number of nitrogens with zero attached hydrogens (tertiary/aromatic N) is 2. The molecule has 39 heavy (non-hydrogen) atoms. The summed E-state index contributed by atoms with van der Waals surface area (Å²) in [5, 5.41) is 5.55. The van der Waals surface area contributed by atoms with Crippen LogP contribution in [0.2, 0.25) is 4.34 Å². The maximum absolute atomic E-state index is 13.1. The molecular weight excluding hydrogens is 544 g/mol. The Morgan fingerprint density at radius 2 is 1.95 bits per heavy atom. The average Bonchev–Trinajstić information content (AvgIpc) is 3.46. The number of aryl methyl sites for hydroxylation is 1. The SMILES string of the molecule is Cc1cc(N2C[C@H](CNC(=O)c3ccc(Cl)s3)OC2=O)ccc1-n1cccc(OCC(=O)NC(C)(C)C)c1=O. The Morgan fingerprint density at radius 3 is 2.62 bits per heavy atom. The molecule has 2 aromatic heterocycles. The Balaban J connectivity index is 1.42. The van der Waals surface area contributed by atoms with Gasteiger partial charge in [0.15, 0.2) is 12.4 Å². The van der Waals surface area contributed by atoms with Crippen molar-refractivity contribution in [2.45, 2.75) is 39.3 Å². The first-order valence-electron chi connectivity index (χ1n) is 12.2. The van der Waals surface area contributed by atoms with Gasteiger partial charge in [-0.05, 0) is 75.7 Å². The normalized spacial score (nSPS) is 15.2. The molecule has 0 aliphatic carbocycles. The monoisotopic (exact) mass is 572 g/mol. The predicted molar refractivity (Wildman–Crippen MR) is 149 cm³/mol. The smallest absolute Gasteiger partial charge is 0.414 e. The van der Waals surface area contributed by atoms with Crippen LogP contribution in [-0.4, -0.2) is 53.8 Å². The molecule has 0 radical (unpaired) electrons. The molecule has 3 heterocycles. The highest BCUT2D eigenvalue weighted by Crippen LogP contribution is 2.26. The molecule has 1 aliphatic heterocycles. The minimum Gasteiger partial charge on any atom is -0.478 e. The second-order valence-corrected chi connectivity index (χ2v) is 11.8. The van der Waals surface area contributed by atoms with E-state index in [0.29, 0.717) is 20.6 Å². The fourth-order valence-electron chi connectivity index (χ4n) is 4.02. The molecule has 1 aromatic carbocycles. The molecule has 10 nitrogen and oxygen atoms in total. The average molecular weight is 573 g/mol. The Morgan fingerprint density at radius 1 is 1.18 bits per heavy atom. The molecule has 1 atom stereocenters. The topological polar surface area (TPSA) is 119 Å². The number of nitrogens with one attached hydrogen (secondary N) is 2. The van der Waals surface area contributed by atoms with Crippen LogP contribution in [0.15, 0.2) is 53.5 Å². The molecule has 206 valence electrons. The fraction of sp³-hybridized carbons (Fsp3) is 0.333. The minimum atomic E-state index is -0.526. The van der Waals surface area contributed by atoms with E-state index in [1.54, 1.807) is 42.6 Å². The first-order valence-corrected chi connectivity index (χ1v) is 13.4. The van der Waals surface area contributed by atoms with E-state index >= 15 is 0 Å². The van der Waals surface area contributed by atoms with Gasteiger partial charge in [-0.1, -0.05) is 11.6 Å². The Bertz CT molecular complexity index is 1460. The summed E-state index contributed by atoms with van der Waals surface area (Å²) < 4.78 is 12.9. The van der Waals surface area contributed by atoms with Crippen LogP contribution >= 0.6 is 22.9 Å². The summed E-state index contributed by atoms with van der Waals surface area (Å²) in [5.41, 5.74) is 1.10. The van der Waals surface area contributed by atoms with E-state index in [-0.39, 0.29) is 37.3 Å². The van der Waals surface area contributed by atoms with E-state index in [1.807, 2.05) is 27.7 Å². The second kappa shape index (κ2) is 11.5. The molecule has 12 heteroatoms. The predicted octanol–water partition coefficient (Wildman–Crippen LogP) is 3.91. The number of anilines is 1. The first-order chi connectivity index (χ1) is 18.4. The number of hydrogen-bond acceptors (Lipinski definition) is 7. The van der Waals surface area contributed by atoms with Gasteiger partial charge in [0.2, 0.25) is 0 Å². The van der Waals surface area contributed by atoms with Crippen molar-refractivity contribution in [1.82, 2.24) is 15.2 Å². The lowest BCUT2D eigenvalue weighted by molar-refractivity contribution is -0.124. The summed E-state index contributed by atoms with van der Waals surface area (Å²) in [6.45, 7) is 7.52. The van der Waals surface area contributed by atoms with Crippen LogP contribution in [0.1, 0.15) is 36.0 Å². The third kappa shape index (κ3) is 6.98. The number of ether oxygens (including phenoxy) is 2. The molecule has 0 bridgehead atoms. The number of rotatable bonds is 8. The van der Waals surface area contributed by atoms with Gasteiger partial charge >= 0.3 is 6.09 Å². The quantitative estimate of drug-likeness (QED) is 0.422. The maximum Gasteiger partial charge on any atom is 0.414 e. The number of carbonyl (C=O) groups excluding carboxylic acids is 3. The van der Waals surface area contributed by atoms with E-state index in [9.17, 15) is 19.2 Å². The van der Waals surface area contributed by atoms with Crippen molar-refractivity contribution in [3.63, 3.8) is 0 Å². The van der Waals surface area contributed by atoms with E-state index in [4.69, 9.17) is 21.1 Å². The molecule has 4 rings (SSSR count). The zero-order valence-corrected chi connectivity index (χ0v) is 23.5. The van der Waals surface area contributed by atoms with Crippen molar-refractivity contribution in [3.05, 3.63) is 73.8 Å². The molecule has 3 aromatic rings. The molecule has 0 spiro atoms. The Hall–Kier alpha value is -3.83. The van der Waals surface area contributed by atoms with Gasteiger partial charge in [-0.2, -0.15) is 0 Å². The molecule has 2 N–H and O–H groups in total. The molecule has 1 fully saturated rings. The summed E-state index contributed by atoms with van der Waals surface area (Å²) >= 11 is 7.05. The first kappa shape index (κ1) is 28.2. The van der Waals surface area contributed by atoms with Crippen LogP contribution in [-0.2, 0) is 9.53 Å². The van der Waals surface area contributed by atoms with Crippen molar-refractivity contribution in [2.24, 2.45) is 0 Å². The van der Waals surface area contributed by atoms with Crippen molar-refractivity contribution in [1.29, 1.82) is 0 Å². The number of cyclic esters (lactones) is 1. The number of benzene rings is 1.